The molecule has 1 amide bonds. The summed E-state index contributed by atoms with van der Waals surface area (Å²) in [4.78, 5) is 11.4. The first-order chi connectivity index (χ1) is 12.3. The van der Waals surface area contributed by atoms with Gasteiger partial charge in [-0.1, -0.05) is 12.1 Å². The van der Waals surface area contributed by atoms with Crippen LogP contribution in [0.15, 0.2) is 34.1 Å². The summed E-state index contributed by atoms with van der Waals surface area (Å²) in [5.41, 5.74) is -0.608. The van der Waals surface area contributed by atoms with Crippen LogP contribution in [0.4, 0.5) is 4.79 Å². The SMILES string of the molecule is CC(C)(C)OC(=O)NC1CCN(S(=O)(=O)c2ccccc2S(C)(=O)=O)CC1. The van der Waals surface area contributed by atoms with E-state index in [9.17, 15) is 21.6 Å². The molecule has 0 aromatic heterocycles. The molecule has 1 fully saturated rings. The van der Waals surface area contributed by atoms with Crippen LogP contribution in [0.25, 0.3) is 0 Å². The van der Waals surface area contributed by atoms with E-state index in [1.807, 2.05) is 0 Å². The Balaban J connectivity index is 2.09. The minimum absolute atomic E-state index is 0.181. The number of sulfonamides is 1. The quantitative estimate of drug-likeness (QED) is 0.798. The summed E-state index contributed by atoms with van der Waals surface area (Å²) >= 11 is 0. The molecule has 10 heteroatoms. The standard InChI is InChI=1S/C17H26N2O6S2/c1-17(2,3)25-16(20)18-13-9-11-19(12-10-13)27(23,24)15-8-6-5-7-14(15)26(4,21)22/h5-8,13H,9-12H2,1-4H3,(H,18,20). The summed E-state index contributed by atoms with van der Waals surface area (Å²) in [5, 5.41) is 2.74. The molecule has 1 aliphatic heterocycles. The molecule has 0 spiro atoms. The number of ether oxygens (including phenoxy) is 1. The predicted octanol–water partition coefficient (Wildman–Crippen LogP) is 1.77. The van der Waals surface area contributed by atoms with Gasteiger partial charge in [-0.2, -0.15) is 4.31 Å². The molecule has 0 aliphatic carbocycles. The van der Waals surface area contributed by atoms with Crippen molar-refractivity contribution in [2.75, 3.05) is 19.3 Å². The first-order valence-corrected chi connectivity index (χ1v) is 11.9. The number of sulfone groups is 1. The minimum Gasteiger partial charge on any atom is -0.444 e. The number of nitrogens with zero attached hydrogens (tertiary/aromatic N) is 1. The molecule has 1 heterocycles. The maximum Gasteiger partial charge on any atom is 0.407 e. The van der Waals surface area contributed by atoms with Crippen LogP contribution in [-0.2, 0) is 24.6 Å². The first-order valence-electron chi connectivity index (χ1n) is 8.59. The molecular formula is C17H26N2O6S2. The van der Waals surface area contributed by atoms with Gasteiger partial charge < -0.3 is 10.1 Å². The van der Waals surface area contributed by atoms with Gasteiger partial charge in [0.05, 0.1) is 4.90 Å². The van der Waals surface area contributed by atoms with Gasteiger partial charge in [0, 0.05) is 25.4 Å². The van der Waals surface area contributed by atoms with Gasteiger partial charge in [0.25, 0.3) is 0 Å². The van der Waals surface area contributed by atoms with Crippen molar-refractivity contribution in [1.82, 2.24) is 9.62 Å². The lowest BCUT2D eigenvalue weighted by molar-refractivity contribution is 0.0489. The fraction of sp³-hybridized carbons (Fsp3) is 0.588. The zero-order valence-corrected chi connectivity index (χ0v) is 17.6. The summed E-state index contributed by atoms with van der Waals surface area (Å²) in [7, 11) is -7.63. The van der Waals surface area contributed by atoms with E-state index in [0.29, 0.717) is 12.8 Å². The van der Waals surface area contributed by atoms with E-state index in [0.717, 1.165) is 6.26 Å². The van der Waals surface area contributed by atoms with Crippen molar-refractivity contribution in [3.05, 3.63) is 24.3 Å². The van der Waals surface area contributed by atoms with Gasteiger partial charge in [0.2, 0.25) is 10.0 Å². The van der Waals surface area contributed by atoms with Gasteiger partial charge in [0.1, 0.15) is 10.5 Å². The second-order valence-corrected chi connectivity index (χ2v) is 11.4. The number of hydrogen-bond donors (Lipinski definition) is 1. The number of piperidine rings is 1. The number of carbonyl (C=O) groups excluding carboxylic acids is 1. The van der Waals surface area contributed by atoms with E-state index in [-0.39, 0.29) is 28.9 Å². The molecule has 2 rings (SSSR count). The summed E-state index contributed by atoms with van der Waals surface area (Å²) < 4.78 is 56.2. The maximum absolute atomic E-state index is 12.9. The van der Waals surface area contributed by atoms with E-state index in [1.54, 1.807) is 20.8 Å². The number of hydrogen-bond acceptors (Lipinski definition) is 6. The molecule has 0 saturated carbocycles. The van der Waals surface area contributed by atoms with Crippen LogP contribution < -0.4 is 5.32 Å². The molecule has 0 bridgehead atoms. The Kier molecular flexibility index (Phi) is 6.23. The van der Waals surface area contributed by atoms with E-state index >= 15 is 0 Å². The number of rotatable bonds is 4. The average Bonchev–Trinajstić information content (AvgIpc) is 2.52. The summed E-state index contributed by atoms with van der Waals surface area (Å²) in [6, 6.07) is 5.39. The number of nitrogens with one attached hydrogen (secondary N) is 1. The third-order valence-corrected chi connectivity index (χ3v) is 7.28. The van der Waals surface area contributed by atoms with Crippen molar-refractivity contribution in [2.24, 2.45) is 0 Å². The van der Waals surface area contributed by atoms with Crippen LogP contribution in [0, 0.1) is 0 Å². The number of carbonyl (C=O) groups is 1. The van der Waals surface area contributed by atoms with E-state index in [1.165, 1.54) is 28.6 Å². The molecule has 27 heavy (non-hydrogen) atoms. The van der Waals surface area contributed by atoms with Gasteiger partial charge >= 0.3 is 6.09 Å². The zero-order chi connectivity index (χ0) is 20.5. The molecule has 0 atom stereocenters. The fourth-order valence-electron chi connectivity index (χ4n) is 2.82. The first kappa shape index (κ1) is 21.6. The van der Waals surface area contributed by atoms with Gasteiger partial charge in [-0.15, -0.1) is 0 Å². The van der Waals surface area contributed by atoms with Gasteiger partial charge in [-0.05, 0) is 45.7 Å². The molecule has 8 nitrogen and oxygen atoms in total. The molecule has 1 aliphatic rings. The largest absolute Gasteiger partial charge is 0.444 e. The third kappa shape index (κ3) is 5.66. The van der Waals surface area contributed by atoms with E-state index < -0.39 is 31.6 Å². The van der Waals surface area contributed by atoms with Crippen molar-refractivity contribution >= 4 is 26.0 Å². The van der Waals surface area contributed by atoms with Crippen LogP contribution in [0.5, 0.6) is 0 Å². The molecule has 0 radical (unpaired) electrons. The molecule has 152 valence electrons. The van der Waals surface area contributed by atoms with Crippen LogP contribution in [-0.4, -0.2) is 58.2 Å². The molecular weight excluding hydrogens is 392 g/mol. The van der Waals surface area contributed by atoms with Crippen molar-refractivity contribution in [3.8, 4) is 0 Å². The van der Waals surface area contributed by atoms with Gasteiger partial charge in [-0.25, -0.2) is 21.6 Å². The highest BCUT2D eigenvalue weighted by atomic mass is 32.2. The van der Waals surface area contributed by atoms with Crippen molar-refractivity contribution in [2.45, 2.75) is 55.0 Å². The molecule has 0 unspecified atom stereocenters. The minimum atomic E-state index is -3.95. The Hall–Kier alpha value is -1.65. The molecule has 1 aromatic rings. The van der Waals surface area contributed by atoms with Crippen LogP contribution in [0.1, 0.15) is 33.6 Å². The zero-order valence-electron chi connectivity index (χ0n) is 15.9. The highest BCUT2D eigenvalue weighted by molar-refractivity contribution is 7.93. The van der Waals surface area contributed by atoms with E-state index in [2.05, 4.69) is 5.32 Å². The van der Waals surface area contributed by atoms with Crippen molar-refractivity contribution in [1.29, 1.82) is 0 Å². The number of benzene rings is 1. The number of amides is 1. The summed E-state index contributed by atoms with van der Waals surface area (Å²) in [5.74, 6) is 0. The average molecular weight is 419 g/mol. The van der Waals surface area contributed by atoms with Crippen molar-refractivity contribution in [3.63, 3.8) is 0 Å². The topological polar surface area (TPSA) is 110 Å². The van der Waals surface area contributed by atoms with E-state index in [4.69, 9.17) is 4.74 Å². The highest BCUT2D eigenvalue weighted by Crippen LogP contribution is 2.26. The second-order valence-electron chi connectivity index (χ2n) is 7.54. The maximum atomic E-state index is 12.9. The smallest absolute Gasteiger partial charge is 0.407 e. The second kappa shape index (κ2) is 7.76. The summed E-state index contributed by atoms with van der Waals surface area (Å²) in [6.45, 7) is 5.66. The lowest BCUT2D eigenvalue weighted by Gasteiger charge is -2.32. The highest BCUT2D eigenvalue weighted by Gasteiger charge is 2.33. The number of alkyl carbamates (subject to hydrolysis) is 1. The lowest BCUT2D eigenvalue weighted by Crippen LogP contribution is -2.47. The molecule has 1 aromatic carbocycles. The van der Waals surface area contributed by atoms with Gasteiger partial charge in [0.15, 0.2) is 9.84 Å². The predicted molar refractivity (Wildman–Crippen MR) is 101 cm³/mol. The van der Waals surface area contributed by atoms with Gasteiger partial charge in [-0.3, -0.25) is 0 Å². The Morgan fingerprint density at radius 2 is 1.59 bits per heavy atom. The Morgan fingerprint density at radius 3 is 2.07 bits per heavy atom. The Bertz CT molecular complexity index is 896. The normalized spacial score (nSPS) is 17.5. The van der Waals surface area contributed by atoms with Crippen LogP contribution in [0.2, 0.25) is 0 Å². The van der Waals surface area contributed by atoms with Crippen LogP contribution >= 0.6 is 0 Å². The fourth-order valence-corrected chi connectivity index (χ4v) is 5.90. The summed E-state index contributed by atoms with van der Waals surface area (Å²) in [6.07, 6.45) is 1.28. The van der Waals surface area contributed by atoms with Crippen LogP contribution in [0.3, 0.4) is 0 Å². The lowest BCUT2D eigenvalue weighted by atomic mass is 10.1. The Morgan fingerprint density at radius 1 is 1.07 bits per heavy atom. The molecule has 1 saturated heterocycles. The molecule has 1 N–H and O–H groups in total. The monoisotopic (exact) mass is 418 g/mol. The Labute approximate surface area is 160 Å². The van der Waals surface area contributed by atoms with Crippen molar-refractivity contribution < 1.29 is 26.4 Å². The third-order valence-electron chi connectivity index (χ3n) is 4.04.